The zero-order chi connectivity index (χ0) is 15.6. The first kappa shape index (κ1) is 15.7. The Bertz CT molecular complexity index is 575. The molecule has 1 aliphatic rings. The van der Waals surface area contributed by atoms with Crippen molar-refractivity contribution in [3.63, 3.8) is 0 Å². The number of carboxylic acid groups (broad SMARTS) is 1. The van der Waals surface area contributed by atoms with Crippen LogP contribution in [-0.4, -0.2) is 35.1 Å². The number of urea groups is 1. The average Bonchev–Trinajstić information content (AvgIpc) is 2.44. The van der Waals surface area contributed by atoms with Gasteiger partial charge in [-0.25, -0.2) is 13.6 Å². The molecular weight excluding hydrogens is 350 g/mol. The number of carbonyl (C=O) groups is 2. The number of nitrogens with one attached hydrogen (secondary N) is 1. The molecule has 8 heteroatoms. The molecule has 2 N–H and O–H groups in total. The maximum Gasteiger partial charge on any atom is 0.321 e. The number of carboxylic acids is 1. The number of hydrogen-bond acceptors (Lipinski definition) is 2. The van der Waals surface area contributed by atoms with Crippen LogP contribution in [0.25, 0.3) is 0 Å². The molecule has 0 aromatic heterocycles. The number of carbonyl (C=O) groups excluding carboxylic acids is 1. The van der Waals surface area contributed by atoms with E-state index in [-0.39, 0.29) is 23.2 Å². The van der Waals surface area contributed by atoms with Crippen molar-refractivity contribution >= 4 is 33.6 Å². The van der Waals surface area contributed by atoms with Gasteiger partial charge in [0, 0.05) is 19.2 Å². The molecule has 2 amide bonds. The summed E-state index contributed by atoms with van der Waals surface area (Å²) < 4.78 is 26.9. The summed E-state index contributed by atoms with van der Waals surface area (Å²) in [5, 5.41) is 11.2. The highest BCUT2D eigenvalue weighted by atomic mass is 79.9. The second-order valence-corrected chi connectivity index (χ2v) is 5.63. The Hall–Kier alpha value is -1.70. The molecule has 1 fully saturated rings. The lowest BCUT2D eigenvalue weighted by atomic mass is 9.97. The van der Waals surface area contributed by atoms with E-state index in [1.165, 1.54) is 4.90 Å². The first-order chi connectivity index (χ1) is 9.88. The second-order valence-electron chi connectivity index (χ2n) is 4.78. The molecule has 0 bridgehead atoms. The van der Waals surface area contributed by atoms with Gasteiger partial charge in [0.2, 0.25) is 0 Å². The predicted molar refractivity (Wildman–Crippen MR) is 75.0 cm³/mol. The highest BCUT2D eigenvalue weighted by molar-refractivity contribution is 9.10. The second kappa shape index (κ2) is 6.38. The van der Waals surface area contributed by atoms with Gasteiger partial charge in [-0.3, -0.25) is 4.79 Å². The van der Waals surface area contributed by atoms with Crippen LogP contribution in [0, 0.1) is 17.6 Å². The third kappa shape index (κ3) is 3.69. The van der Waals surface area contributed by atoms with E-state index in [1.807, 2.05) is 0 Å². The molecule has 0 spiro atoms. The van der Waals surface area contributed by atoms with Gasteiger partial charge in [-0.2, -0.15) is 0 Å². The van der Waals surface area contributed by atoms with Crippen LogP contribution in [0.15, 0.2) is 16.6 Å². The SMILES string of the molecule is O=C(O)C1CCN(C(=O)Nc2cc(F)c(Br)cc2F)CC1. The molecule has 21 heavy (non-hydrogen) atoms. The largest absolute Gasteiger partial charge is 0.481 e. The van der Waals surface area contributed by atoms with Crippen LogP contribution in [0.4, 0.5) is 19.3 Å². The van der Waals surface area contributed by atoms with Crippen LogP contribution >= 0.6 is 15.9 Å². The van der Waals surface area contributed by atoms with Gasteiger partial charge >= 0.3 is 12.0 Å². The van der Waals surface area contributed by atoms with Crippen molar-refractivity contribution in [3.05, 3.63) is 28.2 Å². The molecule has 5 nitrogen and oxygen atoms in total. The van der Waals surface area contributed by atoms with Crippen molar-refractivity contribution in [2.75, 3.05) is 18.4 Å². The summed E-state index contributed by atoms with van der Waals surface area (Å²) in [4.78, 5) is 24.2. The summed E-state index contributed by atoms with van der Waals surface area (Å²) in [6.45, 7) is 0.535. The number of nitrogens with zero attached hydrogens (tertiary/aromatic N) is 1. The van der Waals surface area contributed by atoms with E-state index in [4.69, 9.17) is 5.11 Å². The smallest absolute Gasteiger partial charge is 0.321 e. The quantitative estimate of drug-likeness (QED) is 0.794. The van der Waals surface area contributed by atoms with E-state index in [9.17, 15) is 18.4 Å². The van der Waals surface area contributed by atoms with Crippen molar-refractivity contribution in [1.82, 2.24) is 4.90 Å². The summed E-state index contributed by atoms with van der Waals surface area (Å²) in [7, 11) is 0. The standard InChI is InChI=1S/C13H13BrF2N2O3/c14-8-5-10(16)11(6-9(8)15)17-13(21)18-3-1-7(2-4-18)12(19)20/h5-7H,1-4H2,(H,17,21)(H,19,20). The van der Waals surface area contributed by atoms with Gasteiger partial charge in [0.1, 0.15) is 11.6 Å². The Labute approximate surface area is 128 Å². The first-order valence-corrected chi connectivity index (χ1v) is 7.11. The fourth-order valence-electron chi connectivity index (χ4n) is 2.14. The molecular formula is C13H13BrF2N2O3. The lowest BCUT2D eigenvalue weighted by molar-refractivity contribution is -0.143. The molecule has 0 radical (unpaired) electrons. The average molecular weight is 363 g/mol. The minimum absolute atomic E-state index is 0.0275. The lowest BCUT2D eigenvalue weighted by Gasteiger charge is -2.30. The Morgan fingerprint density at radius 2 is 1.86 bits per heavy atom. The van der Waals surface area contributed by atoms with E-state index < -0.39 is 29.6 Å². The van der Waals surface area contributed by atoms with Crippen molar-refractivity contribution < 1.29 is 23.5 Å². The Kier molecular flexibility index (Phi) is 4.76. The Morgan fingerprint density at radius 3 is 2.43 bits per heavy atom. The van der Waals surface area contributed by atoms with Gasteiger partial charge in [-0.1, -0.05) is 0 Å². The topological polar surface area (TPSA) is 69.6 Å². The van der Waals surface area contributed by atoms with E-state index in [0.717, 1.165) is 12.1 Å². The summed E-state index contributed by atoms with van der Waals surface area (Å²) in [6.07, 6.45) is 0.694. The lowest BCUT2D eigenvalue weighted by Crippen LogP contribution is -2.42. The van der Waals surface area contributed by atoms with E-state index >= 15 is 0 Å². The molecule has 1 aromatic rings. The number of hydrogen-bond donors (Lipinski definition) is 2. The summed E-state index contributed by atoms with van der Waals surface area (Å²) in [5.74, 6) is -2.78. The molecule has 2 rings (SSSR count). The zero-order valence-electron chi connectivity index (χ0n) is 10.9. The Balaban J connectivity index is 2.00. The predicted octanol–water partition coefficient (Wildman–Crippen LogP) is 3.06. The number of aliphatic carboxylic acids is 1. The minimum atomic E-state index is -0.879. The molecule has 0 aliphatic carbocycles. The first-order valence-electron chi connectivity index (χ1n) is 6.31. The van der Waals surface area contributed by atoms with Crippen molar-refractivity contribution in [1.29, 1.82) is 0 Å². The molecule has 114 valence electrons. The van der Waals surface area contributed by atoms with Gasteiger partial charge in [0.15, 0.2) is 0 Å². The number of benzene rings is 1. The van der Waals surface area contributed by atoms with Crippen LogP contribution in [0.1, 0.15) is 12.8 Å². The van der Waals surface area contributed by atoms with Gasteiger partial charge in [0.25, 0.3) is 0 Å². The summed E-state index contributed by atoms with van der Waals surface area (Å²) in [5.41, 5.74) is -0.249. The molecule has 0 saturated carbocycles. The highest BCUT2D eigenvalue weighted by Gasteiger charge is 2.27. The maximum absolute atomic E-state index is 13.6. The highest BCUT2D eigenvalue weighted by Crippen LogP contribution is 2.24. The normalized spacial score (nSPS) is 15.9. The van der Waals surface area contributed by atoms with Crippen LogP contribution in [0.5, 0.6) is 0 Å². The van der Waals surface area contributed by atoms with Crippen LogP contribution in [-0.2, 0) is 4.79 Å². The fourth-order valence-corrected chi connectivity index (χ4v) is 2.46. The third-order valence-corrected chi connectivity index (χ3v) is 3.99. The van der Waals surface area contributed by atoms with Crippen molar-refractivity contribution in [2.24, 2.45) is 5.92 Å². The zero-order valence-corrected chi connectivity index (χ0v) is 12.5. The van der Waals surface area contributed by atoms with Crippen molar-refractivity contribution in [3.8, 4) is 0 Å². The van der Waals surface area contributed by atoms with E-state index in [2.05, 4.69) is 21.2 Å². The number of anilines is 1. The van der Waals surface area contributed by atoms with Gasteiger partial charge in [-0.15, -0.1) is 0 Å². The number of likely N-dealkylation sites (tertiary alicyclic amines) is 1. The van der Waals surface area contributed by atoms with Gasteiger partial charge < -0.3 is 15.3 Å². The van der Waals surface area contributed by atoms with Crippen LogP contribution in [0.3, 0.4) is 0 Å². The molecule has 0 unspecified atom stereocenters. The molecule has 1 saturated heterocycles. The molecule has 1 aliphatic heterocycles. The number of rotatable bonds is 2. The monoisotopic (exact) mass is 362 g/mol. The van der Waals surface area contributed by atoms with E-state index in [0.29, 0.717) is 12.8 Å². The minimum Gasteiger partial charge on any atom is -0.481 e. The maximum atomic E-state index is 13.6. The molecule has 1 heterocycles. The molecule has 1 aromatic carbocycles. The van der Waals surface area contributed by atoms with E-state index in [1.54, 1.807) is 0 Å². The third-order valence-electron chi connectivity index (χ3n) is 3.38. The number of amides is 2. The fraction of sp³-hybridized carbons (Fsp3) is 0.385. The summed E-state index contributed by atoms with van der Waals surface area (Å²) >= 11 is 2.85. The van der Waals surface area contributed by atoms with Crippen molar-refractivity contribution in [2.45, 2.75) is 12.8 Å². The molecule has 0 atom stereocenters. The summed E-state index contributed by atoms with van der Waals surface area (Å²) in [6, 6.07) is 1.25. The Morgan fingerprint density at radius 1 is 1.24 bits per heavy atom. The number of halogens is 3. The van der Waals surface area contributed by atoms with Crippen LogP contribution < -0.4 is 5.32 Å². The van der Waals surface area contributed by atoms with Gasteiger partial charge in [0.05, 0.1) is 16.1 Å². The van der Waals surface area contributed by atoms with Crippen LogP contribution in [0.2, 0.25) is 0 Å². The number of piperidine rings is 1. The van der Waals surface area contributed by atoms with Gasteiger partial charge in [-0.05, 0) is 34.8 Å².